The van der Waals surface area contributed by atoms with Crippen molar-refractivity contribution in [1.29, 1.82) is 0 Å². The Morgan fingerprint density at radius 2 is 1.59 bits per heavy atom. The summed E-state index contributed by atoms with van der Waals surface area (Å²) in [6.45, 7) is 8.52. The Labute approximate surface area is 198 Å². The van der Waals surface area contributed by atoms with Crippen molar-refractivity contribution in [2.75, 3.05) is 11.5 Å². The van der Waals surface area contributed by atoms with Crippen LogP contribution in [0.3, 0.4) is 0 Å². The molecule has 0 spiro atoms. The third-order valence-corrected chi connectivity index (χ3v) is 6.62. The van der Waals surface area contributed by atoms with E-state index < -0.39 is 6.04 Å². The molecule has 1 amide bonds. The van der Waals surface area contributed by atoms with Gasteiger partial charge in [-0.25, -0.2) is 0 Å². The molecule has 1 unspecified atom stereocenters. The molecule has 3 aromatic carbocycles. The Morgan fingerprint density at radius 3 is 2.24 bits per heavy atom. The molecule has 1 aliphatic heterocycles. The van der Waals surface area contributed by atoms with Gasteiger partial charge in [-0.05, 0) is 85.8 Å². The molecule has 5 rings (SSSR count). The molecule has 0 bridgehead atoms. The van der Waals surface area contributed by atoms with Crippen LogP contribution in [0.25, 0.3) is 11.0 Å². The van der Waals surface area contributed by atoms with Crippen molar-refractivity contribution in [2.45, 2.75) is 40.2 Å². The highest BCUT2D eigenvalue weighted by Gasteiger charge is 2.43. The van der Waals surface area contributed by atoms with Gasteiger partial charge in [0.25, 0.3) is 5.91 Å². The third kappa shape index (κ3) is 3.48. The molecular formula is C29H27NO4. The zero-order valence-corrected chi connectivity index (χ0v) is 19.8. The number of rotatable bonds is 5. The molecule has 5 heteroatoms. The van der Waals surface area contributed by atoms with Gasteiger partial charge in [0.1, 0.15) is 11.3 Å². The van der Waals surface area contributed by atoms with Crippen LogP contribution in [-0.4, -0.2) is 12.5 Å². The summed E-state index contributed by atoms with van der Waals surface area (Å²) in [5.74, 6) is 0.519. The predicted molar refractivity (Wildman–Crippen MR) is 134 cm³/mol. The number of amides is 1. The topological polar surface area (TPSA) is 59.8 Å². The lowest BCUT2D eigenvalue weighted by atomic mass is 9.96. The summed E-state index contributed by atoms with van der Waals surface area (Å²) in [6.07, 6.45) is 0.911. The Bertz CT molecular complexity index is 1450. The smallest absolute Gasteiger partial charge is 0.295 e. The van der Waals surface area contributed by atoms with Gasteiger partial charge >= 0.3 is 0 Å². The summed E-state index contributed by atoms with van der Waals surface area (Å²) in [4.78, 5) is 29.2. The summed E-state index contributed by atoms with van der Waals surface area (Å²) < 4.78 is 11.7. The zero-order valence-electron chi connectivity index (χ0n) is 19.8. The summed E-state index contributed by atoms with van der Waals surface area (Å²) in [5.41, 5.74) is 5.43. The van der Waals surface area contributed by atoms with Crippen molar-refractivity contribution in [3.63, 3.8) is 0 Å². The van der Waals surface area contributed by atoms with Crippen molar-refractivity contribution in [3.05, 3.63) is 104 Å². The second-order valence-corrected chi connectivity index (χ2v) is 8.71. The largest absolute Gasteiger partial charge is 0.494 e. The Balaban J connectivity index is 1.74. The second kappa shape index (κ2) is 8.49. The van der Waals surface area contributed by atoms with E-state index in [1.54, 1.807) is 4.90 Å². The zero-order chi connectivity index (χ0) is 24.0. The van der Waals surface area contributed by atoms with Crippen LogP contribution >= 0.6 is 0 Å². The van der Waals surface area contributed by atoms with Crippen molar-refractivity contribution >= 4 is 22.6 Å². The molecule has 0 saturated carbocycles. The molecule has 0 N–H and O–H groups in total. The normalized spacial score (nSPS) is 15.1. The molecule has 1 aromatic heterocycles. The molecule has 0 saturated heterocycles. The average molecular weight is 454 g/mol. The van der Waals surface area contributed by atoms with E-state index in [0.29, 0.717) is 28.8 Å². The van der Waals surface area contributed by atoms with Crippen LogP contribution < -0.4 is 15.1 Å². The van der Waals surface area contributed by atoms with E-state index in [4.69, 9.17) is 9.15 Å². The van der Waals surface area contributed by atoms with Gasteiger partial charge in [0, 0.05) is 5.69 Å². The summed E-state index contributed by atoms with van der Waals surface area (Å²) in [7, 11) is 0. The number of ether oxygens (including phenoxy) is 1. The van der Waals surface area contributed by atoms with Gasteiger partial charge in [-0.3, -0.25) is 14.5 Å². The van der Waals surface area contributed by atoms with Gasteiger partial charge in [0.2, 0.25) is 5.76 Å². The van der Waals surface area contributed by atoms with Crippen molar-refractivity contribution in [1.82, 2.24) is 0 Å². The minimum absolute atomic E-state index is 0.110. The van der Waals surface area contributed by atoms with Crippen LogP contribution in [0.1, 0.15) is 58.3 Å². The molecule has 0 radical (unpaired) electrons. The third-order valence-electron chi connectivity index (χ3n) is 6.62. The van der Waals surface area contributed by atoms with E-state index in [1.807, 2.05) is 81.4 Å². The fraction of sp³-hybridized carbons (Fsp3) is 0.241. The standard InChI is InChI=1S/C29H27NO4/c1-5-19-7-9-20(10-8-19)26-25-27(31)23-15-17(3)18(4)16-24(23)34-28(25)29(32)30(26)21-11-13-22(14-12-21)33-6-2/h7-16,26H,5-6H2,1-4H3. The lowest BCUT2D eigenvalue weighted by Crippen LogP contribution is -2.29. The first-order chi connectivity index (χ1) is 16.4. The van der Waals surface area contributed by atoms with E-state index in [2.05, 4.69) is 6.92 Å². The molecule has 2 heterocycles. The number of aryl methyl sites for hydroxylation is 3. The molecule has 172 valence electrons. The van der Waals surface area contributed by atoms with Gasteiger partial charge in [0.15, 0.2) is 5.43 Å². The lowest BCUT2D eigenvalue weighted by molar-refractivity contribution is 0.0971. The summed E-state index contributed by atoms with van der Waals surface area (Å²) in [5, 5.41) is 0.498. The number of benzene rings is 3. The highest BCUT2D eigenvalue weighted by Crippen LogP contribution is 2.41. The molecule has 0 fully saturated rings. The number of fused-ring (bicyclic) bond motifs is 2. The van der Waals surface area contributed by atoms with Crippen LogP contribution in [0.4, 0.5) is 5.69 Å². The number of carbonyl (C=O) groups is 1. The van der Waals surface area contributed by atoms with E-state index in [-0.39, 0.29) is 17.1 Å². The van der Waals surface area contributed by atoms with Crippen LogP contribution in [0.5, 0.6) is 5.75 Å². The average Bonchev–Trinajstić information content (AvgIpc) is 3.14. The number of carbonyl (C=O) groups excluding carboxylic acids is 1. The molecule has 5 nitrogen and oxygen atoms in total. The van der Waals surface area contributed by atoms with Gasteiger partial charge in [-0.1, -0.05) is 31.2 Å². The number of nitrogens with zero attached hydrogens (tertiary/aromatic N) is 1. The van der Waals surface area contributed by atoms with Crippen molar-refractivity contribution in [3.8, 4) is 5.75 Å². The van der Waals surface area contributed by atoms with Crippen molar-refractivity contribution in [2.24, 2.45) is 0 Å². The Kier molecular flexibility index (Phi) is 5.48. The molecule has 4 aromatic rings. The van der Waals surface area contributed by atoms with Gasteiger partial charge in [-0.15, -0.1) is 0 Å². The highest BCUT2D eigenvalue weighted by molar-refractivity contribution is 6.10. The first kappa shape index (κ1) is 22.0. The summed E-state index contributed by atoms with van der Waals surface area (Å²) in [6, 6.07) is 18.6. The lowest BCUT2D eigenvalue weighted by Gasteiger charge is -2.25. The van der Waals surface area contributed by atoms with Crippen LogP contribution in [0.2, 0.25) is 0 Å². The quantitative estimate of drug-likeness (QED) is 0.365. The van der Waals surface area contributed by atoms with E-state index in [9.17, 15) is 9.59 Å². The molecule has 34 heavy (non-hydrogen) atoms. The first-order valence-corrected chi connectivity index (χ1v) is 11.7. The van der Waals surface area contributed by atoms with Gasteiger partial charge in [0.05, 0.1) is 23.6 Å². The van der Waals surface area contributed by atoms with E-state index in [1.165, 1.54) is 5.56 Å². The van der Waals surface area contributed by atoms with Crippen LogP contribution in [-0.2, 0) is 6.42 Å². The van der Waals surface area contributed by atoms with E-state index >= 15 is 0 Å². The summed E-state index contributed by atoms with van der Waals surface area (Å²) >= 11 is 0. The monoisotopic (exact) mass is 453 g/mol. The number of hydrogen-bond acceptors (Lipinski definition) is 4. The van der Waals surface area contributed by atoms with E-state index in [0.717, 1.165) is 28.9 Å². The highest BCUT2D eigenvalue weighted by atomic mass is 16.5. The maximum atomic E-state index is 13.8. The van der Waals surface area contributed by atoms with Gasteiger partial charge in [-0.2, -0.15) is 0 Å². The maximum absolute atomic E-state index is 13.8. The first-order valence-electron chi connectivity index (χ1n) is 11.7. The van der Waals surface area contributed by atoms with Gasteiger partial charge < -0.3 is 9.15 Å². The number of anilines is 1. The SMILES string of the molecule is CCOc1ccc(N2C(=O)c3oc4cc(C)c(C)cc4c(=O)c3C2c2ccc(CC)cc2)cc1. The minimum Gasteiger partial charge on any atom is -0.494 e. The fourth-order valence-corrected chi connectivity index (χ4v) is 4.62. The molecule has 0 aliphatic carbocycles. The number of hydrogen-bond donors (Lipinski definition) is 0. The molecular weight excluding hydrogens is 426 g/mol. The maximum Gasteiger partial charge on any atom is 0.295 e. The Hall–Kier alpha value is -3.86. The van der Waals surface area contributed by atoms with Crippen LogP contribution in [0, 0.1) is 13.8 Å². The molecule has 1 aliphatic rings. The predicted octanol–water partition coefficient (Wildman–Crippen LogP) is 6.12. The second-order valence-electron chi connectivity index (χ2n) is 8.71. The van der Waals surface area contributed by atoms with Crippen molar-refractivity contribution < 1.29 is 13.9 Å². The molecule has 1 atom stereocenters. The van der Waals surface area contributed by atoms with Crippen LogP contribution in [0.15, 0.2) is 69.9 Å². The fourth-order valence-electron chi connectivity index (χ4n) is 4.62. The Morgan fingerprint density at radius 1 is 0.912 bits per heavy atom. The minimum atomic E-state index is -0.575.